The molecular formula is C78H150N2O6P+. The predicted octanol–water partition coefficient (Wildman–Crippen LogP) is 24.7. The number of rotatable bonds is 71. The Bertz CT molecular complexity index is 1600. The number of carbonyl (C=O) groups is 1. The summed E-state index contributed by atoms with van der Waals surface area (Å²) in [6.45, 7) is 4.76. The summed E-state index contributed by atoms with van der Waals surface area (Å²) in [5.41, 5.74) is 0. The standard InChI is InChI=1S/C78H149N2O6P/c1-6-8-10-12-14-16-18-20-22-24-26-28-30-32-34-36-38-39-40-41-42-44-46-48-50-52-54-56-58-60-62-64-66-68-70-72-78(82)79-76(75-86-87(83,84)85-74-73-80(3,4)5)77(81)71-69-67-65-63-61-59-57-55-53-51-49-47-45-43-37-35-33-31-29-27-25-23-21-19-17-15-13-11-9-7-2/h8,10,14,16,20,22,26,28,69,71,76-77,81H,6-7,9,11-13,15,17-19,21,23-25,27,29-68,70,72-75H2,1-5H3,(H-,79,82,83,84)/p+1/b10-8-,16-14-,22-20-,28-26-,71-69+. The normalized spacial score (nSPS) is 13.9. The number of carbonyl (C=O) groups excluding carboxylic acids is 1. The van der Waals surface area contributed by atoms with Crippen molar-refractivity contribution in [3.8, 4) is 0 Å². The number of amides is 1. The molecule has 0 aliphatic carbocycles. The van der Waals surface area contributed by atoms with Crippen molar-refractivity contribution in [3.05, 3.63) is 60.8 Å². The summed E-state index contributed by atoms with van der Waals surface area (Å²) in [4.78, 5) is 23.5. The van der Waals surface area contributed by atoms with Crippen molar-refractivity contribution in [1.82, 2.24) is 5.32 Å². The van der Waals surface area contributed by atoms with Gasteiger partial charge in [-0.05, 0) is 57.8 Å². The number of phosphoric ester groups is 1. The first-order valence-electron chi connectivity index (χ1n) is 38.2. The molecule has 87 heavy (non-hydrogen) atoms. The van der Waals surface area contributed by atoms with Crippen LogP contribution >= 0.6 is 7.82 Å². The maximum atomic E-state index is 13.1. The van der Waals surface area contributed by atoms with Crippen molar-refractivity contribution < 1.29 is 32.9 Å². The lowest BCUT2D eigenvalue weighted by Crippen LogP contribution is -2.45. The number of aliphatic hydroxyl groups is 1. The van der Waals surface area contributed by atoms with Gasteiger partial charge in [0.05, 0.1) is 39.9 Å². The number of allylic oxidation sites excluding steroid dienone is 9. The van der Waals surface area contributed by atoms with E-state index in [2.05, 4.69) is 67.8 Å². The van der Waals surface area contributed by atoms with Crippen LogP contribution in [0, 0.1) is 0 Å². The minimum Gasteiger partial charge on any atom is -0.387 e. The molecule has 3 atom stereocenters. The summed E-state index contributed by atoms with van der Waals surface area (Å²) in [5, 5.41) is 14.1. The second-order valence-corrected chi connectivity index (χ2v) is 28.8. The zero-order valence-corrected chi connectivity index (χ0v) is 59.7. The van der Waals surface area contributed by atoms with E-state index in [1.807, 2.05) is 27.2 Å². The Morgan fingerprint density at radius 3 is 1.01 bits per heavy atom. The molecule has 0 fully saturated rings. The zero-order valence-electron chi connectivity index (χ0n) is 58.8. The second kappa shape index (κ2) is 68.6. The van der Waals surface area contributed by atoms with Crippen LogP contribution in [-0.4, -0.2) is 73.4 Å². The smallest absolute Gasteiger partial charge is 0.387 e. The van der Waals surface area contributed by atoms with Crippen molar-refractivity contribution in [3.63, 3.8) is 0 Å². The van der Waals surface area contributed by atoms with Crippen molar-refractivity contribution in [1.29, 1.82) is 0 Å². The molecular weight excluding hydrogens is 1090 g/mol. The summed E-state index contributed by atoms with van der Waals surface area (Å²) < 4.78 is 23.9. The number of nitrogens with zero attached hydrogens (tertiary/aromatic N) is 1. The van der Waals surface area contributed by atoms with Gasteiger partial charge in [-0.3, -0.25) is 13.8 Å². The van der Waals surface area contributed by atoms with Gasteiger partial charge in [0.2, 0.25) is 5.91 Å². The summed E-state index contributed by atoms with van der Waals surface area (Å²) >= 11 is 0. The lowest BCUT2D eigenvalue weighted by molar-refractivity contribution is -0.870. The second-order valence-electron chi connectivity index (χ2n) is 27.4. The van der Waals surface area contributed by atoms with Gasteiger partial charge in [0.25, 0.3) is 0 Å². The minimum absolute atomic E-state index is 0.0628. The molecule has 0 aliphatic rings. The Morgan fingerprint density at radius 1 is 0.402 bits per heavy atom. The number of nitrogens with one attached hydrogen (secondary N) is 1. The summed E-state index contributed by atoms with van der Waals surface area (Å²) in [6, 6.07) is -0.848. The Labute approximate surface area is 542 Å². The molecule has 0 aliphatic heterocycles. The first-order valence-corrected chi connectivity index (χ1v) is 39.7. The van der Waals surface area contributed by atoms with Gasteiger partial charge in [0, 0.05) is 6.42 Å². The molecule has 3 N–H and O–H groups in total. The third-order valence-electron chi connectivity index (χ3n) is 17.5. The molecule has 0 aromatic heterocycles. The van der Waals surface area contributed by atoms with Crippen LogP contribution in [-0.2, 0) is 18.4 Å². The maximum absolute atomic E-state index is 13.1. The molecule has 8 nitrogen and oxygen atoms in total. The highest BCUT2D eigenvalue weighted by atomic mass is 31.2. The molecule has 0 bridgehead atoms. The third kappa shape index (κ3) is 71.5. The van der Waals surface area contributed by atoms with Crippen molar-refractivity contribution >= 4 is 13.7 Å². The first-order chi connectivity index (χ1) is 42.5. The molecule has 0 aromatic rings. The van der Waals surface area contributed by atoms with Crippen LogP contribution in [0.4, 0.5) is 0 Å². The quantitative estimate of drug-likeness (QED) is 0.0243. The monoisotopic (exact) mass is 1240 g/mol. The molecule has 0 saturated heterocycles. The van der Waals surface area contributed by atoms with Crippen LogP contribution in [0.15, 0.2) is 60.8 Å². The fourth-order valence-electron chi connectivity index (χ4n) is 11.6. The van der Waals surface area contributed by atoms with Crippen LogP contribution in [0.3, 0.4) is 0 Å². The molecule has 0 spiro atoms. The van der Waals surface area contributed by atoms with Crippen LogP contribution in [0.2, 0.25) is 0 Å². The molecule has 0 aromatic carbocycles. The third-order valence-corrected chi connectivity index (χ3v) is 18.5. The lowest BCUT2D eigenvalue weighted by Gasteiger charge is -2.25. The largest absolute Gasteiger partial charge is 0.472 e. The Morgan fingerprint density at radius 2 is 0.690 bits per heavy atom. The molecule has 9 heteroatoms. The topological polar surface area (TPSA) is 105 Å². The highest BCUT2D eigenvalue weighted by Crippen LogP contribution is 2.43. The van der Waals surface area contributed by atoms with Gasteiger partial charge in [-0.15, -0.1) is 0 Å². The summed E-state index contributed by atoms with van der Waals surface area (Å²) in [7, 11) is 1.59. The van der Waals surface area contributed by atoms with Crippen LogP contribution in [0.5, 0.6) is 0 Å². The number of hydrogen-bond donors (Lipinski definition) is 3. The molecule has 3 unspecified atom stereocenters. The number of quaternary nitrogens is 1. The first kappa shape index (κ1) is 85.2. The van der Waals surface area contributed by atoms with Gasteiger partial charge in [-0.2, -0.15) is 0 Å². The van der Waals surface area contributed by atoms with E-state index in [9.17, 15) is 19.4 Å². The fourth-order valence-corrected chi connectivity index (χ4v) is 12.4. The van der Waals surface area contributed by atoms with Gasteiger partial charge in [-0.25, -0.2) is 4.57 Å². The SMILES string of the molecule is CC/C=C\C/C=C\C/C=C\C/C=C\CCCCCCCCCCCCCCCCCCCCCCCCC(=O)NC(COP(=O)(O)OCC[N+](C)(C)C)C(O)/C=C/CCCCCCCCCCCCCCCCCCCCCCCCCCCCCC. The average molecular weight is 1240 g/mol. The van der Waals surface area contributed by atoms with Gasteiger partial charge in [-0.1, -0.05) is 376 Å². The lowest BCUT2D eigenvalue weighted by atomic mass is 10.0. The number of hydrogen-bond acceptors (Lipinski definition) is 5. The van der Waals surface area contributed by atoms with Crippen LogP contribution in [0.1, 0.15) is 380 Å². The molecule has 0 saturated carbocycles. The average Bonchev–Trinajstić information content (AvgIpc) is 3.70. The van der Waals surface area contributed by atoms with Gasteiger partial charge >= 0.3 is 7.82 Å². The zero-order chi connectivity index (χ0) is 63.4. The molecule has 0 heterocycles. The number of phosphoric acid groups is 1. The molecule has 0 radical (unpaired) electrons. The van der Waals surface area contributed by atoms with E-state index < -0.39 is 20.0 Å². The molecule has 1 amide bonds. The van der Waals surface area contributed by atoms with E-state index >= 15 is 0 Å². The van der Waals surface area contributed by atoms with E-state index in [1.54, 1.807) is 6.08 Å². The summed E-state index contributed by atoms with van der Waals surface area (Å²) in [6.07, 6.45) is 95.4. The minimum atomic E-state index is -4.36. The molecule has 0 rings (SSSR count). The number of unbranched alkanes of at least 4 members (excludes halogenated alkanes) is 50. The van der Waals surface area contributed by atoms with E-state index in [1.165, 1.54) is 302 Å². The Hall–Kier alpha value is -1.80. The summed E-state index contributed by atoms with van der Waals surface area (Å²) in [5.74, 6) is -0.170. The fraction of sp³-hybridized carbons (Fsp3) is 0.859. The van der Waals surface area contributed by atoms with Crippen molar-refractivity contribution in [2.45, 2.75) is 392 Å². The van der Waals surface area contributed by atoms with Gasteiger partial charge < -0.3 is 19.8 Å². The van der Waals surface area contributed by atoms with E-state index in [0.29, 0.717) is 17.4 Å². The molecule has 512 valence electrons. The van der Waals surface area contributed by atoms with E-state index in [4.69, 9.17) is 9.05 Å². The number of likely N-dealkylation sites (N-methyl/N-ethyl adjacent to an activating group) is 1. The Kier molecular flexibility index (Phi) is 67.1. The van der Waals surface area contributed by atoms with Gasteiger partial charge in [0.1, 0.15) is 13.2 Å². The van der Waals surface area contributed by atoms with Gasteiger partial charge in [0.15, 0.2) is 0 Å². The van der Waals surface area contributed by atoms with Crippen LogP contribution < -0.4 is 5.32 Å². The Balaban J connectivity index is 3.98. The highest BCUT2D eigenvalue weighted by molar-refractivity contribution is 7.47. The number of aliphatic hydroxyl groups excluding tert-OH is 1. The predicted molar refractivity (Wildman–Crippen MR) is 383 cm³/mol. The maximum Gasteiger partial charge on any atom is 0.472 e. The van der Waals surface area contributed by atoms with E-state index in [-0.39, 0.29) is 19.1 Å². The van der Waals surface area contributed by atoms with E-state index in [0.717, 1.165) is 57.8 Å². The highest BCUT2D eigenvalue weighted by Gasteiger charge is 2.28. The van der Waals surface area contributed by atoms with Crippen LogP contribution in [0.25, 0.3) is 0 Å². The van der Waals surface area contributed by atoms with Crippen molar-refractivity contribution in [2.24, 2.45) is 0 Å². The van der Waals surface area contributed by atoms with Crippen molar-refractivity contribution in [2.75, 3.05) is 40.9 Å².